The molecule has 1 fully saturated rings. The van der Waals surface area contributed by atoms with Gasteiger partial charge in [0.2, 0.25) is 5.91 Å². The SMILES string of the molecule is CCN1C(=O)c2cc(C(=O)NCCCOC(C)C)nn2C[C@@]1(C)C(=O)NC1CCCC1. The molecule has 2 heterocycles. The van der Waals surface area contributed by atoms with Crippen LogP contribution in [0.1, 0.15) is 80.8 Å². The quantitative estimate of drug-likeness (QED) is 0.577. The van der Waals surface area contributed by atoms with E-state index in [1.165, 1.54) is 10.7 Å². The Labute approximate surface area is 183 Å². The van der Waals surface area contributed by atoms with Gasteiger partial charge in [-0.15, -0.1) is 0 Å². The van der Waals surface area contributed by atoms with Gasteiger partial charge in [-0.3, -0.25) is 19.1 Å². The number of hydrogen-bond acceptors (Lipinski definition) is 5. The van der Waals surface area contributed by atoms with Crippen LogP contribution < -0.4 is 10.6 Å². The molecule has 0 bridgehead atoms. The van der Waals surface area contributed by atoms with Crippen LogP contribution in [0.25, 0.3) is 0 Å². The highest BCUT2D eigenvalue weighted by Gasteiger charge is 2.48. The van der Waals surface area contributed by atoms with Crippen LogP contribution in [0.15, 0.2) is 6.07 Å². The van der Waals surface area contributed by atoms with Gasteiger partial charge in [-0.05, 0) is 47.0 Å². The van der Waals surface area contributed by atoms with Crippen molar-refractivity contribution in [3.05, 3.63) is 17.5 Å². The molecular weight excluding hydrogens is 398 g/mol. The predicted molar refractivity (Wildman–Crippen MR) is 116 cm³/mol. The van der Waals surface area contributed by atoms with E-state index < -0.39 is 5.54 Å². The first-order valence-corrected chi connectivity index (χ1v) is 11.4. The number of carbonyl (C=O) groups is 3. The van der Waals surface area contributed by atoms with Crippen molar-refractivity contribution in [2.75, 3.05) is 19.7 Å². The fourth-order valence-corrected chi connectivity index (χ4v) is 4.34. The molecule has 0 saturated heterocycles. The second-order valence-electron chi connectivity index (χ2n) is 8.88. The summed E-state index contributed by atoms with van der Waals surface area (Å²) in [5.74, 6) is -0.777. The van der Waals surface area contributed by atoms with Crippen LogP contribution >= 0.6 is 0 Å². The highest BCUT2D eigenvalue weighted by molar-refractivity contribution is 6.01. The molecular formula is C22H35N5O4. The smallest absolute Gasteiger partial charge is 0.273 e. The minimum Gasteiger partial charge on any atom is -0.379 e. The van der Waals surface area contributed by atoms with E-state index >= 15 is 0 Å². The molecule has 1 aromatic heterocycles. The fraction of sp³-hybridized carbons (Fsp3) is 0.727. The molecule has 1 aliphatic heterocycles. The van der Waals surface area contributed by atoms with Crippen molar-refractivity contribution in [2.45, 2.75) is 84.0 Å². The van der Waals surface area contributed by atoms with E-state index in [0.29, 0.717) is 31.8 Å². The molecule has 31 heavy (non-hydrogen) atoms. The van der Waals surface area contributed by atoms with Gasteiger partial charge in [0.05, 0.1) is 12.6 Å². The molecule has 2 aliphatic rings. The molecule has 3 amide bonds. The van der Waals surface area contributed by atoms with Crippen LogP contribution in [0.5, 0.6) is 0 Å². The molecule has 1 aliphatic carbocycles. The number of nitrogens with zero attached hydrogens (tertiary/aromatic N) is 3. The molecule has 0 spiro atoms. The molecule has 1 atom stereocenters. The predicted octanol–water partition coefficient (Wildman–Crippen LogP) is 1.72. The highest BCUT2D eigenvalue weighted by Crippen LogP contribution is 2.28. The van der Waals surface area contributed by atoms with Crippen molar-refractivity contribution in [2.24, 2.45) is 0 Å². The zero-order valence-electron chi connectivity index (χ0n) is 19.1. The van der Waals surface area contributed by atoms with E-state index in [-0.39, 0.29) is 42.1 Å². The minimum absolute atomic E-state index is 0.156. The Bertz CT molecular complexity index is 815. The van der Waals surface area contributed by atoms with Gasteiger partial charge in [0, 0.05) is 31.8 Å². The van der Waals surface area contributed by atoms with Crippen molar-refractivity contribution in [1.29, 1.82) is 0 Å². The maximum atomic E-state index is 13.2. The summed E-state index contributed by atoms with van der Waals surface area (Å²) < 4.78 is 6.97. The van der Waals surface area contributed by atoms with Gasteiger partial charge in [-0.25, -0.2) is 0 Å². The monoisotopic (exact) mass is 433 g/mol. The first-order valence-electron chi connectivity index (χ1n) is 11.4. The number of aromatic nitrogens is 2. The zero-order valence-corrected chi connectivity index (χ0v) is 19.1. The second kappa shape index (κ2) is 9.80. The topological polar surface area (TPSA) is 106 Å². The molecule has 3 rings (SSSR count). The van der Waals surface area contributed by atoms with Gasteiger partial charge in [0.25, 0.3) is 11.8 Å². The number of carbonyl (C=O) groups excluding carboxylic acids is 3. The maximum absolute atomic E-state index is 13.2. The second-order valence-corrected chi connectivity index (χ2v) is 8.88. The summed E-state index contributed by atoms with van der Waals surface area (Å²) in [4.78, 5) is 40.4. The number of amides is 3. The summed E-state index contributed by atoms with van der Waals surface area (Å²) in [6.07, 6.45) is 5.03. The van der Waals surface area contributed by atoms with Crippen LogP contribution in [0.3, 0.4) is 0 Å². The number of fused-ring (bicyclic) bond motifs is 1. The van der Waals surface area contributed by atoms with E-state index in [1.807, 2.05) is 20.8 Å². The number of likely N-dealkylation sites (N-methyl/N-ethyl adjacent to an activating group) is 1. The van der Waals surface area contributed by atoms with Crippen LogP contribution in [0, 0.1) is 0 Å². The molecule has 9 heteroatoms. The van der Waals surface area contributed by atoms with Crippen LogP contribution in [-0.2, 0) is 16.1 Å². The van der Waals surface area contributed by atoms with E-state index in [0.717, 1.165) is 25.7 Å². The first-order chi connectivity index (χ1) is 14.8. The Morgan fingerprint density at radius 2 is 2.03 bits per heavy atom. The highest BCUT2D eigenvalue weighted by atomic mass is 16.5. The first kappa shape index (κ1) is 23.2. The molecule has 0 aromatic carbocycles. The van der Waals surface area contributed by atoms with Crippen LogP contribution in [0.2, 0.25) is 0 Å². The molecule has 0 radical (unpaired) electrons. The van der Waals surface area contributed by atoms with Gasteiger partial charge < -0.3 is 20.3 Å². The largest absolute Gasteiger partial charge is 0.379 e. The lowest BCUT2D eigenvalue weighted by atomic mass is 9.94. The van der Waals surface area contributed by atoms with Crippen molar-refractivity contribution < 1.29 is 19.1 Å². The molecule has 172 valence electrons. The average molecular weight is 434 g/mol. The summed E-state index contributed by atoms with van der Waals surface area (Å²) in [5, 5.41) is 10.3. The third kappa shape index (κ3) is 5.08. The Morgan fingerprint density at radius 3 is 2.68 bits per heavy atom. The summed E-state index contributed by atoms with van der Waals surface area (Å²) in [6.45, 7) is 9.21. The number of nitrogens with one attached hydrogen (secondary N) is 2. The van der Waals surface area contributed by atoms with Crippen LogP contribution in [0.4, 0.5) is 0 Å². The Morgan fingerprint density at radius 1 is 1.32 bits per heavy atom. The standard InChI is InChI=1S/C22H35N5O4/c1-5-26-20(29)18-13-17(19(28)23-11-8-12-31-15(2)3)25-27(18)14-22(26,4)21(30)24-16-9-6-7-10-16/h13,15-16H,5-12,14H2,1-4H3,(H,23,28)(H,24,30)/t22-/m0/s1. The summed E-state index contributed by atoms with van der Waals surface area (Å²) >= 11 is 0. The average Bonchev–Trinajstić information content (AvgIpc) is 3.37. The Kier molecular flexibility index (Phi) is 7.35. The van der Waals surface area contributed by atoms with Crippen molar-refractivity contribution >= 4 is 17.7 Å². The molecule has 1 aromatic rings. The number of rotatable bonds is 9. The van der Waals surface area contributed by atoms with Crippen molar-refractivity contribution in [1.82, 2.24) is 25.3 Å². The molecule has 1 saturated carbocycles. The lowest BCUT2D eigenvalue weighted by Gasteiger charge is -2.43. The van der Waals surface area contributed by atoms with Gasteiger partial charge in [0.15, 0.2) is 5.69 Å². The van der Waals surface area contributed by atoms with Gasteiger partial charge in [-0.2, -0.15) is 5.10 Å². The third-order valence-corrected chi connectivity index (χ3v) is 6.08. The van der Waals surface area contributed by atoms with Crippen LogP contribution in [-0.4, -0.2) is 69.8 Å². The summed E-state index contributed by atoms with van der Waals surface area (Å²) in [6, 6.07) is 1.68. The Balaban J connectivity index is 1.69. The summed E-state index contributed by atoms with van der Waals surface area (Å²) in [7, 11) is 0. The lowest BCUT2D eigenvalue weighted by Crippen LogP contribution is -2.64. The van der Waals surface area contributed by atoms with E-state index in [4.69, 9.17) is 4.74 Å². The molecule has 0 unspecified atom stereocenters. The normalized spacial score (nSPS) is 21.5. The Hall–Kier alpha value is -2.42. The van der Waals surface area contributed by atoms with Gasteiger partial charge in [0.1, 0.15) is 11.2 Å². The number of hydrogen-bond donors (Lipinski definition) is 2. The van der Waals surface area contributed by atoms with E-state index in [2.05, 4.69) is 15.7 Å². The third-order valence-electron chi connectivity index (χ3n) is 6.08. The van der Waals surface area contributed by atoms with Gasteiger partial charge >= 0.3 is 0 Å². The zero-order chi connectivity index (χ0) is 22.6. The molecule has 9 nitrogen and oxygen atoms in total. The van der Waals surface area contributed by atoms with E-state index in [1.54, 1.807) is 11.8 Å². The molecule has 2 N–H and O–H groups in total. The minimum atomic E-state index is -1.05. The van der Waals surface area contributed by atoms with Crippen molar-refractivity contribution in [3.63, 3.8) is 0 Å². The van der Waals surface area contributed by atoms with E-state index in [9.17, 15) is 14.4 Å². The van der Waals surface area contributed by atoms with Gasteiger partial charge in [-0.1, -0.05) is 12.8 Å². The number of ether oxygens (including phenoxy) is 1. The fourth-order valence-electron chi connectivity index (χ4n) is 4.34. The maximum Gasteiger partial charge on any atom is 0.273 e. The van der Waals surface area contributed by atoms with Crippen molar-refractivity contribution in [3.8, 4) is 0 Å². The summed E-state index contributed by atoms with van der Waals surface area (Å²) in [5.41, 5.74) is -0.527. The lowest BCUT2D eigenvalue weighted by molar-refractivity contribution is -0.133.